The molecule has 0 aliphatic carbocycles. The molecule has 0 bridgehead atoms. The Morgan fingerprint density at radius 3 is 2.43 bits per heavy atom. The summed E-state index contributed by atoms with van der Waals surface area (Å²) in [6.45, 7) is 10.1. The van der Waals surface area contributed by atoms with E-state index in [1.54, 1.807) is 6.07 Å². The average Bonchev–Trinajstić information content (AvgIpc) is 2.52. The minimum atomic E-state index is -0.134. The quantitative estimate of drug-likeness (QED) is 0.707. The van der Waals surface area contributed by atoms with Crippen molar-refractivity contribution in [1.29, 1.82) is 0 Å². The lowest BCUT2D eigenvalue weighted by Gasteiger charge is -2.18. The molecule has 1 nitrogen and oxygen atoms in total. The SMILES string of the molecule is CC.CCCc1ncccc1C(C)c1cccc(F)c1C. The number of aromatic nitrogens is 1. The van der Waals surface area contributed by atoms with Crippen molar-refractivity contribution in [3.63, 3.8) is 0 Å². The Kier molecular flexibility index (Phi) is 7.07. The first-order chi connectivity index (χ1) is 10.1. The maximum Gasteiger partial charge on any atom is 0.126 e. The van der Waals surface area contributed by atoms with E-state index in [0.29, 0.717) is 0 Å². The fourth-order valence-corrected chi connectivity index (χ4v) is 2.55. The van der Waals surface area contributed by atoms with E-state index in [9.17, 15) is 4.39 Å². The van der Waals surface area contributed by atoms with Crippen molar-refractivity contribution in [2.45, 2.75) is 53.4 Å². The van der Waals surface area contributed by atoms with E-state index in [1.807, 2.05) is 39.1 Å². The maximum absolute atomic E-state index is 13.7. The average molecular weight is 287 g/mol. The molecule has 114 valence electrons. The van der Waals surface area contributed by atoms with Gasteiger partial charge in [0.25, 0.3) is 0 Å². The van der Waals surface area contributed by atoms with E-state index in [0.717, 1.165) is 29.7 Å². The van der Waals surface area contributed by atoms with Gasteiger partial charge in [-0.25, -0.2) is 4.39 Å². The van der Waals surface area contributed by atoms with Gasteiger partial charge in [0, 0.05) is 17.8 Å². The zero-order chi connectivity index (χ0) is 15.8. The van der Waals surface area contributed by atoms with E-state index in [1.165, 1.54) is 11.6 Å². The molecule has 2 aromatic rings. The maximum atomic E-state index is 13.7. The summed E-state index contributed by atoms with van der Waals surface area (Å²) in [5.74, 6) is 0.0382. The normalized spacial score (nSPS) is 11.5. The standard InChI is InChI=1S/C17H20FN.C2H6/c1-4-7-17-15(9-6-11-19-17)12(2)14-8-5-10-16(18)13(14)3;1-2/h5-6,8-12H,4,7H2,1-3H3;1-2H3. The molecule has 21 heavy (non-hydrogen) atoms. The Hall–Kier alpha value is -1.70. The number of rotatable bonds is 4. The van der Waals surface area contributed by atoms with Crippen LogP contribution in [-0.2, 0) is 6.42 Å². The van der Waals surface area contributed by atoms with Crippen LogP contribution in [0.3, 0.4) is 0 Å². The summed E-state index contributed by atoms with van der Waals surface area (Å²) >= 11 is 0. The Morgan fingerprint density at radius 2 is 1.76 bits per heavy atom. The molecule has 2 heteroatoms. The van der Waals surface area contributed by atoms with Gasteiger partial charge in [0.1, 0.15) is 5.82 Å². The minimum absolute atomic E-state index is 0.134. The van der Waals surface area contributed by atoms with Crippen LogP contribution in [0.2, 0.25) is 0 Å². The molecule has 1 heterocycles. The Bertz CT molecular complexity index is 563. The number of halogens is 1. The summed E-state index contributed by atoms with van der Waals surface area (Å²) in [5.41, 5.74) is 4.12. The lowest BCUT2D eigenvalue weighted by atomic mass is 9.88. The van der Waals surface area contributed by atoms with Crippen molar-refractivity contribution >= 4 is 0 Å². The molecule has 0 amide bonds. The zero-order valence-corrected chi connectivity index (χ0v) is 13.8. The highest BCUT2D eigenvalue weighted by atomic mass is 19.1. The summed E-state index contributed by atoms with van der Waals surface area (Å²) in [6.07, 6.45) is 3.87. The molecule has 0 saturated heterocycles. The molecule has 0 radical (unpaired) electrons. The summed E-state index contributed by atoms with van der Waals surface area (Å²) in [7, 11) is 0. The smallest absolute Gasteiger partial charge is 0.126 e. The second-order valence-corrected chi connectivity index (χ2v) is 4.97. The van der Waals surface area contributed by atoms with Crippen molar-refractivity contribution in [2.24, 2.45) is 0 Å². The second-order valence-electron chi connectivity index (χ2n) is 4.97. The molecular formula is C19H26FN. The van der Waals surface area contributed by atoms with Crippen LogP contribution in [0.5, 0.6) is 0 Å². The third-order valence-corrected chi connectivity index (χ3v) is 3.65. The van der Waals surface area contributed by atoms with Crippen molar-refractivity contribution in [3.8, 4) is 0 Å². The summed E-state index contributed by atoms with van der Waals surface area (Å²) in [5, 5.41) is 0. The van der Waals surface area contributed by atoms with E-state index in [2.05, 4.69) is 24.9 Å². The van der Waals surface area contributed by atoms with E-state index < -0.39 is 0 Å². The van der Waals surface area contributed by atoms with Crippen LogP contribution >= 0.6 is 0 Å². The third-order valence-electron chi connectivity index (χ3n) is 3.65. The van der Waals surface area contributed by atoms with Gasteiger partial charge in [-0.2, -0.15) is 0 Å². The Labute approximate surface area is 128 Å². The number of nitrogens with zero attached hydrogens (tertiary/aromatic N) is 1. The lowest BCUT2D eigenvalue weighted by Crippen LogP contribution is -2.05. The van der Waals surface area contributed by atoms with Gasteiger partial charge in [0.2, 0.25) is 0 Å². The Morgan fingerprint density at radius 1 is 1.10 bits per heavy atom. The third kappa shape index (κ3) is 4.13. The number of hydrogen-bond acceptors (Lipinski definition) is 1. The summed E-state index contributed by atoms with van der Waals surface area (Å²) in [6, 6.07) is 9.37. The minimum Gasteiger partial charge on any atom is -0.261 e. The van der Waals surface area contributed by atoms with Crippen LogP contribution in [0.1, 0.15) is 62.4 Å². The van der Waals surface area contributed by atoms with Crippen LogP contribution < -0.4 is 0 Å². The van der Waals surface area contributed by atoms with E-state index in [-0.39, 0.29) is 11.7 Å². The molecule has 1 aromatic heterocycles. The first kappa shape index (κ1) is 17.4. The number of aryl methyl sites for hydroxylation is 1. The first-order valence-corrected chi connectivity index (χ1v) is 7.84. The predicted molar refractivity (Wildman–Crippen MR) is 88.2 cm³/mol. The predicted octanol–water partition coefficient (Wildman–Crippen LogP) is 5.66. The molecule has 0 aliphatic rings. The molecule has 1 aromatic carbocycles. The van der Waals surface area contributed by atoms with Crippen LogP contribution in [-0.4, -0.2) is 4.98 Å². The van der Waals surface area contributed by atoms with Crippen molar-refractivity contribution in [2.75, 3.05) is 0 Å². The fourth-order valence-electron chi connectivity index (χ4n) is 2.55. The monoisotopic (exact) mass is 287 g/mol. The lowest BCUT2D eigenvalue weighted by molar-refractivity contribution is 0.613. The Balaban J connectivity index is 0.00000106. The summed E-state index contributed by atoms with van der Waals surface area (Å²) < 4.78 is 13.7. The zero-order valence-electron chi connectivity index (χ0n) is 13.8. The first-order valence-electron chi connectivity index (χ1n) is 7.84. The molecular weight excluding hydrogens is 261 g/mol. The molecule has 2 rings (SSSR count). The van der Waals surface area contributed by atoms with Gasteiger partial charge in [0.05, 0.1) is 0 Å². The second kappa shape index (κ2) is 8.56. The highest BCUT2D eigenvalue weighted by Gasteiger charge is 2.16. The van der Waals surface area contributed by atoms with Gasteiger partial charge in [0.15, 0.2) is 0 Å². The van der Waals surface area contributed by atoms with Crippen LogP contribution in [0.15, 0.2) is 36.5 Å². The van der Waals surface area contributed by atoms with Gasteiger partial charge in [-0.1, -0.05) is 52.3 Å². The van der Waals surface area contributed by atoms with Gasteiger partial charge in [-0.15, -0.1) is 0 Å². The topological polar surface area (TPSA) is 12.9 Å². The highest BCUT2D eigenvalue weighted by molar-refractivity contribution is 5.39. The molecule has 1 atom stereocenters. The van der Waals surface area contributed by atoms with Crippen molar-refractivity contribution in [1.82, 2.24) is 4.98 Å². The largest absolute Gasteiger partial charge is 0.261 e. The van der Waals surface area contributed by atoms with Crippen LogP contribution in [0, 0.1) is 12.7 Å². The molecule has 0 N–H and O–H groups in total. The van der Waals surface area contributed by atoms with Crippen molar-refractivity contribution in [3.05, 3.63) is 64.7 Å². The van der Waals surface area contributed by atoms with Gasteiger partial charge in [-0.3, -0.25) is 4.98 Å². The van der Waals surface area contributed by atoms with Gasteiger partial charge in [-0.05, 0) is 42.2 Å². The van der Waals surface area contributed by atoms with Crippen molar-refractivity contribution < 1.29 is 4.39 Å². The summed E-state index contributed by atoms with van der Waals surface area (Å²) in [4.78, 5) is 4.47. The molecule has 1 unspecified atom stereocenters. The number of hydrogen-bond donors (Lipinski definition) is 0. The molecule has 0 aliphatic heterocycles. The van der Waals surface area contributed by atoms with E-state index >= 15 is 0 Å². The number of pyridine rings is 1. The van der Waals surface area contributed by atoms with Crippen LogP contribution in [0.25, 0.3) is 0 Å². The highest BCUT2D eigenvalue weighted by Crippen LogP contribution is 2.29. The molecule has 0 fully saturated rings. The molecule has 0 saturated carbocycles. The van der Waals surface area contributed by atoms with E-state index in [4.69, 9.17) is 0 Å². The van der Waals surface area contributed by atoms with Gasteiger partial charge >= 0.3 is 0 Å². The van der Waals surface area contributed by atoms with Crippen LogP contribution in [0.4, 0.5) is 4.39 Å². The number of benzene rings is 1. The van der Waals surface area contributed by atoms with Gasteiger partial charge < -0.3 is 0 Å². The fraction of sp³-hybridized carbons (Fsp3) is 0.421. The molecule has 0 spiro atoms.